The lowest BCUT2D eigenvalue weighted by molar-refractivity contribution is 0.482. The smallest absolute Gasteiger partial charge is 0.127 e. The molecule has 0 atom stereocenters. The van der Waals surface area contributed by atoms with Gasteiger partial charge in [-0.15, -0.1) is 11.6 Å². The van der Waals surface area contributed by atoms with Crippen LogP contribution in [0.4, 0.5) is 0 Å². The first-order chi connectivity index (χ1) is 9.31. The summed E-state index contributed by atoms with van der Waals surface area (Å²) in [7, 11) is 0. The average molecular weight is 273 g/mol. The van der Waals surface area contributed by atoms with E-state index in [1.165, 1.54) is 5.56 Å². The van der Waals surface area contributed by atoms with Crippen LogP contribution in [0.25, 0.3) is 0 Å². The zero-order valence-corrected chi connectivity index (χ0v) is 11.7. The molecule has 0 fully saturated rings. The Hall–Kier alpha value is -1.73. The molecule has 0 bridgehead atoms. The molecule has 0 heterocycles. The van der Waals surface area contributed by atoms with Crippen molar-refractivity contribution in [2.75, 3.05) is 0 Å². The van der Waals surface area contributed by atoms with Crippen molar-refractivity contribution in [1.29, 1.82) is 0 Å². The van der Waals surface area contributed by atoms with Gasteiger partial charge >= 0.3 is 0 Å². The van der Waals surface area contributed by atoms with E-state index in [4.69, 9.17) is 16.3 Å². The van der Waals surface area contributed by atoms with Gasteiger partial charge in [0.05, 0.1) is 0 Å². The van der Waals surface area contributed by atoms with E-state index in [1.54, 1.807) is 0 Å². The highest BCUT2D eigenvalue weighted by atomic mass is 35.5. The summed E-state index contributed by atoms with van der Waals surface area (Å²) in [6, 6.07) is 16.0. The maximum absolute atomic E-state index is 5.78. The molecule has 0 radical (unpaired) electrons. The van der Waals surface area contributed by atoms with Gasteiger partial charge in [-0.25, -0.2) is 0 Å². The SMILES string of the molecule is C/C=C/Cc1ccc(Oc2ccc(CCl)cc2)cc1. The molecule has 2 aromatic carbocycles. The van der Waals surface area contributed by atoms with Crippen LogP contribution in [-0.4, -0.2) is 0 Å². The monoisotopic (exact) mass is 272 g/mol. The molecule has 2 heteroatoms. The number of hydrogen-bond donors (Lipinski definition) is 0. The molecule has 98 valence electrons. The summed E-state index contributed by atoms with van der Waals surface area (Å²) in [5.41, 5.74) is 2.37. The van der Waals surface area contributed by atoms with E-state index in [2.05, 4.69) is 24.3 Å². The first kappa shape index (κ1) is 13.7. The van der Waals surface area contributed by atoms with E-state index in [9.17, 15) is 0 Å². The van der Waals surface area contributed by atoms with E-state index in [0.29, 0.717) is 5.88 Å². The standard InChI is InChI=1S/C17H17ClO/c1-2-3-4-14-5-9-16(10-6-14)19-17-11-7-15(13-18)8-12-17/h2-3,5-12H,4,13H2,1H3/b3-2+. The maximum atomic E-state index is 5.78. The summed E-state index contributed by atoms with van der Waals surface area (Å²) in [5.74, 6) is 2.21. The lowest BCUT2D eigenvalue weighted by Crippen LogP contribution is -1.86. The molecule has 1 nitrogen and oxygen atoms in total. The Morgan fingerprint density at radius 1 is 0.895 bits per heavy atom. The van der Waals surface area contributed by atoms with Gasteiger partial charge in [0.25, 0.3) is 0 Å². The predicted octanol–water partition coefficient (Wildman–Crippen LogP) is 5.34. The van der Waals surface area contributed by atoms with Gasteiger partial charge < -0.3 is 4.74 Å². The van der Waals surface area contributed by atoms with Crippen LogP contribution < -0.4 is 4.74 Å². The average Bonchev–Trinajstić information content (AvgIpc) is 2.47. The number of alkyl halides is 1. The molecule has 0 saturated heterocycles. The van der Waals surface area contributed by atoms with Crippen molar-refractivity contribution >= 4 is 11.6 Å². The molecule has 0 aliphatic carbocycles. The topological polar surface area (TPSA) is 9.23 Å². The molecule has 0 aromatic heterocycles. The van der Waals surface area contributed by atoms with Crippen molar-refractivity contribution in [2.45, 2.75) is 19.2 Å². The third kappa shape index (κ3) is 4.15. The highest BCUT2D eigenvalue weighted by molar-refractivity contribution is 6.17. The molecular weight excluding hydrogens is 256 g/mol. The molecule has 19 heavy (non-hydrogen) atoms. The summed E-state index contributed by atoms with van der Waals surface area (Å²) in [6.07, 6.45) is 5.16. The van der Waals surface area contributed by atoms with E-state index < -0.39 is 0 Å². The zero-order chi connectivity index (χ0) is 13.5. The predicted molar refractivity (Wildman–Crippen MR) is 81.0 cm³/mol. The third-order valence-corrected chi connectivity index (χ3v) is 3.13. The Labute approximate surface area is 119 Å². The number of rotatable bonds is 5. The molecule has 0 aliphatic rings. The number of benzene rings is 2. The lowest BCUT2D eigenvalue weighted by atomic mass is 10.1. The minimum absolute atomic E-state index is 0.528. The fourth-order valence-electron chi connectivity index (χ4n) is 1.73. The minimum atomic E-state index is 0.528. The summed E-state index contributed by atoms with van der Waals surface area (Å²) < 4.78 is 5.78. The Bertz CT molecular complexity index is 526. The molecule has 0 unspecified atom stereocenters. The Kier molecular flexibility index (Phi) is 5.05. The second-order valence-corrected chi connectivity index (χ2v) is 4.56. The van der Waals surface area contributed by atoms with E-state index in [1.807, 2.05) is 43.3 Å². The van der Waals surface area contributed by atoms with E-state index in [0.717, 1.165) is 23.5 Å². The first-order valence-corrected chi connectivity index (χ1v) is 6.88. The van der Waals surface area contributed by atoms with Crippen LogP contribution in [0.15, 0.2) is 60.7 Å². The van der Waals surface area contributed by atoms with Crippen molar-refractivity contribution < 1.29 is 4.74 Å². The van der Waals surface area contributed by atoms with Gasteiger partial charge in [-0.05, 0) is 48.7 Å². The van der Waals surface area contributed by atoms with Crippen molar-refractivity contribution in [3.8, 4) is 11.5 Å². The number of ether oxygens (including phenoxy) is 1. The second kappa shape index (κ2) is 7.01. The van der Waals surface area contributed by atoms with Gasteiger partial charge in [-0.1, -0.05) is 36.4 Å². The fraction of sp³-hybridized carbons (Fsp3) is 0.176. The maximum Gasteiger partial charge on any atom is 0.127 e. The van der Waals surface area contributed by atoms with Gasteiger partial charge in [0, 0.05) is 5.88 Å². The van der Waals surface area contributed by atoms with Crippen molar-refractivity contribution in [2.24, 2.45) is 0 Å². The molecule has 0 N–H and O–H groups in total. The molecule has 0 aliphatic heterocycles. The van der Waals surface area contributed by atoms with Gasteiger partial charge in [0.1, 0.15) is 11.5 Å². The van der Waals surface area contributed by atoms with Gasteiger partial charge in [0.15, 0.2) is 0 Å². The summed E-state index contributed by atoms with van der Waals surface area (Å²) in [4.78, 5) is 0. The van der Waals surface area contributed by atoms with Crippen LogP contribution >= 0.6 is 11.6 Å². The number of hydrogen-bond acceptors (Lipinski definition) is 1. The van der Waals surface area contributed by atoms with Gasteiger partial charge in [0.2, 0.25) is 0 Å². The summed E-state index contributed by atoms with van der Waals surface area (Å²) >= 11 is 5.75. The van der Waals surface area contributed by atoms with Gasteiger partial charge in [-0.3, -0.25) is 0 Å². The number of allylic oxidation sites excluding steroid dienone is 2. The van der Waals surface area contributed by atoms with Gasteiger partial charge in [-0.2, -0.15) is 0 Å². The highest BCUT2D eigenvalue weighted by Gasteiger charge is 1.98. The Morgan fingerprint density at radius 2 is 1.42 bits per heavy atom. The molecular formula is C17H17ClO. The van der Waals surface area contributed by atoms with E-state index in [-0.39, 0.29) is 0 Å². The molecule has 2 aromatic rings. The second-order valence-electron chi connectivity index (χ2n) is 4.30. The van der Waals surface area contributed by atoms with E-state index >= 15 is 0 Å². The molecule has 0 saturated carbocycles. The summed E-state index contributed by atoms with van der Waals surface area (Å²) in [6.45, 7) is 2.03. The largest absolute Gasteiger partial charge is 0.457 e. The van der Waals surface area contributed by atoms with Crippen LogP contribution in [-0.2, 0) is 12.3 Å². The number of halogens is 1. The molecule has 2 rings (SSSR count). The van der Waals surface area contributed by atoms with Crippen LogP contribution in [0, 0.1) is 0 Å². The fourth-order valence-corrected chi connectivity index (χ4v) is 1.91. The van der Waals surface area contributed by atoms with Crippen LogP contribution in [0.2, 0.25) is 0 Å². The quantitative estimate of drug-likeness (QED) is 0.527. The normalized spacial score (nSPS) is 10.8. The van der Waals surface area contributed by atoms with Crippen LogP contribution in [0.3, 0.4) is 0 Å². The zero-order valence-electron chi connectivity index (χ0n) is 11.0. The minimum Gasteiger partial charge on any atom is -0.457 e. The molecule has 0 spiro atoms. The van der Waals surface area contributed by atoms with Crippen molar-refractivity contribution in [3.05, 3.63) is 71.8 Å². The Balaban J connectivity index is 2.01. The highest BCUT2D eigenvalue weighted by Crippen LogP contribution is 2.22. The Morgan fingerprint density at radius 3 is 1.89 bits per heavy atom. The lowest BCUT2D eigenvalue weighted by Gasteiger charge is -2.06. The van der Waals surface area contributed by atoms with Crippen LogP contribution in [0.5, 0.6) is 11.5 Å². The summed E-state index contributed by atoms with van der Waals surface area (Å²) in [5, 5.41) is 0. The first-order valence-electron chi connectivity index (χ1n) is 6.34. The molecule has 0 amide bonds. The van der Waals surface area contributed by atoms with Crippen molar-refractivity contribution in [1.82, 2.24) is 0 Å². The van der Waals surface area contributed by atoms with Crippen LogP contribution in [0.1, 0.15) is 18.1 Å². The third-order valence-electron chi connectivity index (χ3n) is 2.83. The van der Waals surface area contributed by atoms with Crippen molar-refractivity contribution in [3.63, 3.8) is 0 Å².